The van der Waals surface area contributed by atoms with Crippen LogP contribution in [-0.4, -0.2) is 39.6 Å². The lowest BCUT2D eigenvalue weighted by molar-refractivity contribution is 0.117. The molecule has 8 heteroatoms. The molecule has 0 spiro atoms. The highest BCUT2D eigenvalue weighted by Crippen LogP contribution is 2.35. The lowest BCUT2D eigenvalue weighted by Gasteiger charge is -2.47. The number of fused-ring (bicyclic) bond motifs is 1. The van der Waals surface area contributed by atoms with Gasteiger partial charge in [0.15, 0.2) is 0 Å². The summed E-state index contributed by atoms with van der Waals surface area (Å²) in [7, 11) is 1.61. The van der Waals surface area contributed by atoms with Gasteiger partial charge in [-0.3, -0.25) is 9.69 Å². The molecule has 1 aromatic carbocycles. The van der Waals surface area contributed by atoms with E-state index in [0.717, 1.165) is 0 Å². The predicted octanol–water partition coefficient (Wildman–Crippen LogP) is 4.16. The number of aromatic nitrogens is 2. The van der Waals surface area contributed by atoms with Gasteiger partial charge in [0, 0.05) is 43.8 Å². The van der Waals surface area contributed by atoms with Crippen molar-refractivity contribution in [3.05, 3.63) is 75.1 Å². The largest absolute Gasteiger partial charge is 0.361 e. The van der Waals surface area contributed by atoms with Crippen LogP contribution in [0.15, 0.2) is 41.2 Å². The molecule has 0 N–H and O–H groups in total. The number of nitriles is 1. The van der Waals surface area contributed by atoms with Crippen LogP contribution in [0.25, 0.3) is 15.9 Å². The van der Waals surface area contributed by atoms with Crippen LogP contribution >= 0.6 is 0 Å². The Hall–Kier alpha value is -3.75. The maximum atomic E-state index is 14.4. The second-order valence-corrected chi connectivity index (χ2v) is 8.59. The van der Waals surface area contributed by atoms with Gasteiger partial charge in [0.25, 0.3) is 11.4 Å². The van der Waals surface area contributed by atoms with Crippen LogP contribution in [0.2, 0.25) is 0 Å². The number of nitrogens with zero attached hydrogens (tertiary/aromatic N) is 6. The fraction of sp³-hybridized carbons (Fsp3) is 0.360. The fourth-order valence-electron chi connectivity index (χ4n) is 4.82. The molecule has 0 radical (unpaired) electrons. The minimum absolute atomic E-state index is 0.0190. The minimum atomic E-state index is -0.389. The molecule has 0 bridgehead atoms. The highest BCUT2D eigenvalue weighted by Gasteiger charge is 2.36. The SMILES string of the molecule is [C-]#[N+]c1ccc2c(n1)c(N1C[C@@H](C)N(C(C)c3ccccc3F)C[C@@H]1C)c(C#N)c(=O)n2C. The Morgan fingerprint density at radius 2 is 1.94 bits per heavy atom. The van der Waals surface area contributed by atoms with Gasteiger partial charge in [-0.25, -0.2) is 4.39 Å². The van der Waals surface area contributed by atoms with Crippen LogP contribution in [0.1, 0.15) is 37.9 Å². The van der Waals surface area contributed by atoms with Gasteiger partial charge in [-0.05, 0) is 39.0 Å². The maximum Gasteiger partial charge on any atom is 0.271 e. The number of rotatable bonds is 3. The Kier molecular flexibility index (Phi) is 5.88. The molecule has 4 rings (SSSR count). The van der Waals surface area contributed by atoms with E-state index in [1.807, 2.05) is 30.9 Å². The smallest absolute Gasteiger partial charge is 0.271 e. The van der Waals surface area contributed by atoms with Crippen LogP contribution < -0.4 is 10.5 Å². The lowest BCUT2D eigenvalue weighted by Crippen LogP contribution is -2.57. The van der Waals surface area contributed by atoms with E-state index in [9.17, 15) is 14.4 Å². The van der Waals surface area contributed by atoms with Crippen molar-refractivity contribution < 1.29 is 4.39 Å². The molecule has 1 aliphatic heterocycles. The first-order chi connectivity index (χ1) is 15.8. The van der Waals surface area contributed by atoms with Crippen molar-refractivity contribution in [1.29, 1.82) is 5.26 Å². The van der Waals surface area contributed by atoms with Crippen LogP contribution in [0.4, 0.5) is 15.9 Å². The predicted molar refractivity (Wildman–Crippen MR) is 126 cm³/mol. The molecule has 0 aliphatic carbocycles. The molecule has 2 aromatic heterocycles. The molecule has 1 saturated heterocycles. The molecule has 168 valence electrons. The van der Waals surface area contributed by atoms with E-state index in [-0.39, 0.29) is 40.9 Å². The molecule has 3 heterocycles. The van der Waals surface area contributed by atoms with Crippen molar-refractivity contribution in [3.63, 3.8) is 0 Å². The maximum absolute atomic E-state index is 14.4. The van der Waals surface area contributed by atoms with Crippen LogP contribution in [0, 0.1) is 23.7 Å². The molecule has 3 aromatic rings. The third-order valence-corrected chi connectivity index (χ3v) is 6.60. The van der Waals surface area contributed by atoms with Gasteiger partial charge in [-0.2, -0.15) is 5.26 Å². The quantitative estimate of drug-likeness (QED) is 0.568. The van der Waals surface area contributed by atoms with Gasteiger partial charge in [0.2, 0.25) is 5.52 Å². The van der Waals surface area contributed by atoms with Crippen molar-refractivity contribution >= 4 is 22.5 Å². The lowest BCUT2D eigenvalue weighted by atomic mass is 9.99. The minimum Gasteiger partial charge on any atom is -0.361 e. The standard InChI is InChI=1S/C25H25FN6O/c1-15-14-32(16(2)13-31(15)17(3)18-8-6-7-9-20(18)26)24-19(12-27)25(33)30(5)21-10-11-22(28-4)29-23(21)24/h6-11,15-17H,13-14H2,1-3,5H3/t15-,16+,17?/m1/s1. The average Bonchev–Trinajstić information content (AvgIpc) is 2.82. The Labute approximate surface area is 192 Å². The Morgan fingerprint density at radius 3 is 2.61 bits per heavy atom. The summed E-state index contributed by atoms with van der Waals surface area (Å²) in [5.74, 6) is -0.0220. The zero-order valence-corrected chi connectivity index (χ0v) is 19.1. The normalized spacial score (nSPS) is 19.8. The third-order valence-electron chi connectivity index (χ3n) is 6.60. The molecular weight excluding hydrogens is 419 g/mol. The molecule has 33 heavy (non-hydrogen) atoms. The van der Waals surface area contributed by atoms with Crippen LogP contribution in [0.5, 0.6) is 0 Å². The van der Waals surface area contributed by atoms with Gasteiger partial charge in [-0.1, -0.05) is 24.8 Å². The van der Waals surface area contributed by atoms with Crippen molar-refractivity contribution in [2.75, 3.05) is 18.0 Å². The van der Waals surface area contributed by atoms with Gasteiger partial charge in [0.1, 0.15) is 23.1 Å². The second kappa shape index (κ2) is 8.65. The first kappa shape index (κ1) is 22.4. The second-order valence-electron chi connectivity index (χ2n) is 8.59. The first-order valence-electron chi connectivity index (χ1n) is 10.9. The number of halogens is 1. The summed E-state index contributed by atoms with van der Waals surface area (Å²) < 4.78 is 15.9. The highest BCUT2D eigenvalue weighted by atomic mass is 19.1. The van der Waals surface area contributed by atoms with Gasteiger partial charge < -0.3 is 14.3 Å². The molecule has 7 nitrogen and oxygen atoms in total. The van der Waals surface area contributed by atoms with Gasteiger partial charge in [-0.15, -0.1) is 4.98 Å². The third kappa shape index (κ3) is 3.73. The Morgan fingerprint density at radius 1 is 1.21 bits per heavy atom. The summed E-state index contributed by atoms with van der Waals surface area (Å²) in [6.45, 7) is 14.6. The summed E-state index contributed by atoms with van der Waals surface area (Å²) in [6.07, 6.45) is 0. The van der Waals surface area contributed by atoms with E-state index in [4.69, 9.17) is 6.57 Å². The molecule has 3 atom stereocenters. The van der Waals surface area contributed by atoms with Crippen LogP contribution in [-0.2, 0) is 7.05 Å². The van der Waals surface area contributed by atoms with Crippen molar-refractivity contribution in [2.45, 2.75) is 38.9 Å². The van der Waals surface area contributed by atoms with E-state index in [0.29, 0.717) is 35.4 Å². The monoisotopic (exact) mass is 444 g/mol. The summed E-state index contributed by atoms with van der Waals surface area (Å²) in [6, 6.07) is 12.0. The van der Waals surface area contributed by atoms with E-state index in [1.165, 1.54) is 10.6 Å². The van der Waals surface area contributed by atoms with Crippen molar-refractivity contribution in [3.8, 4) is 6.07 Å². The number of aryl methyl sites for hydroxylation is 1. The molecule has 1 aliphatic rings. The number of hydrogen-bond acceptors (Lipinski definition) is 5. The highest BCUT2D eigenvalue weighted by molar-refractivity contribution is 5.93. The van der Waals surface area contributed by atoms with Crippen molar-refractivity contribution in [1.82, 2.24) is 14.5 Å². The van der Waals surface area contributed by atoms with E-state index in [2.05, 4.69) is 27.7 Å². The van der Waals surface area contributed by atoms with Crippen molar-refractivity contribution in [2.24, 2.45) is 7.05 Å². The topological polar surface area (TPSA) is 69.5 Å². The molecule has 0 saturated carbocycles. The Bertz CT molecular complexity index is 1370. The first-order valence-corrected chi connectivity index (χ1v) is 10.9. The molecule has 1 fully saturated rings. The van der Waals surface area contributed by atoms with Gasteiger partial charge in [0.05, 0.1) is 5.52 Å². The summed E-state index contributed by atoms with van der Waals surface area (Å²) in [4.78, 5) is 25.2. The average molecular weight is 445 g/mol. The van der Waals surface area contributed by atoms with Gasteiger partial charge >= 0.3 is 0 Å². The number of hydrogen-bond donors (Lipinski definition) is 0. The summed E-state index contributed by atoms with van der Waals surface area (Å²) in [5.41, 5.74) is 1.79. The molecule has 0 amide bonds. The number of anilines is 1. The zero-order valence-electron chi connectivity index (χ0n) is 19.1. The molecular formula is C25H25FN6O. The van der Waals surface area contributed by atoms with Crippen LogP contribution in [0.3, 0.4) is 0 Å². The van der Waals surface area contributed by atoms with E-state index in [1.54, 1.807) is 25.2 Å². The van der Waals surface area contributed by atoms with E-state index < -0.39 is 0 Å². The number of pyridine rings is 2. The summed E-state index contributed by atoms with van der Waals surface area (Å²) in [5, 5.41) is 9.88. The zero-order chi connectivity index (χ0) is 23.9. The summed E-state index contributed by atoms with van der Waals surface area (Å²) >= 11 is 0. The number of piperazine rings is 1. The Balaban J connectivity index is 1.80. The van der Waals surface area contributed by atoms with E-state index >= 15 is 0 Å². The number of benzene rings is 1. The molecule has 1 unspecified atom stereocenters. The fourth-order valence-corrected chi connectivity index (χ4v) is 4.82.